The molecule has 1 heterocycles. The van der Waals surface area contributed by atoms with E-state index in [1.54, 1.807) is 0 Å². The highest BCUT2D eigenvalue weighted by molar-refractivity contribution is 5.77. The number of ether oxygens (including phenoxy) is 1. The van der Waals surface area contributed by atoms with Crippen molar-refractivity contribution < 1.29 is 9.53 Å². The third kappa shape index (κ3) is 3.23. The number of rotatable bonds is 5. The third-order valence-corrected chi connectivity index (χ3v) is 3.30. The molecule has 18 heavy (non-hydrogen) atoms. The Morgan fingerprint density at radius 3 is 2.89 bits per heavy atom. The molecule has 98 valence electrons. The molecule has 0 aromatic heterocycles. The van der Waals surface area contributed by atoms with Gasteiger partial charge in [0.25, 0.3) is 0 Å². The summed E-state index contributed by atoms with van der Waals surface area (Å²) in [5, 5.41) is 0. The first-order valence-electron chi connectivity index (χ1n) is 6.48. The maximum atomic E-state index is 12.0. The molecule has 0 bridgehead atoms. The van der Waals surface area contributed by atoms with Crippen LogP contribution in [-0.4, -0.2) is 36.5 Å². The van der Waals surface area contributed by atoms with E-state index in [9.17, 15) is 4.79 Å². The minimum Gasteiger partial charge on any atom is -0.493 e. The summed E-state index contributed by atoms with van der Waals surface area (Å²) in [6.45, 7) is 1.83. The summed E-state index contributed by atoms with van der Waals surface area (Å²) in [4.78, 5) is 13.9. The van der Waals surface area contributed by atoms with Crippen LogP contribution in [0.4, 0.5) is 0 Å². The summed E-state index contributed by atoms with van der Waals surface area (Å²) < 4.78 is 5.53. The van der Waals surface area contributed by atoms with Crippen molar-refractivity contribution in [1.82, 2.24) is 4.90 Å². The maximum Gasteiger partial charge on any atom is 0.226 e. The van der Waals surface area contributed by atoms with Gasteiger partial charge in [-0.05, 0) is 25.0 Å². The summed E-state index contributed by atoms with van der Waals surface area (Å²) >= 11 is 0. The first-order chi connectivity index (χ1) is 8.81. The highest BCUT2D eigenvalue weighted by Gasteiger charge is 2.26. The maximum absolute atomic E-state index is 12.0. The fourth-order valence-electron chi connectivity index (χ4n) is 2.33. The lowest BCUT2D eigenvalue weighted by Crippen LogP contribution is -2.40. The summed E-state index contributed by atoms with van der Waals surface area (Å²) in [5.41, 5.74) is 5.66. The van der Waals surface area contributed by atoms with Crippen molar-refractivity contribution in [3.8, 4) is 5.75 Å². The second-order valence-electron chi connectivity index (χ2n) is 4.53. The fraction of sp³-hybridized carbons (Fsp3) is 0.500. The molecule has 1 aliphatic heterocycles. The first-order valence-corrected chi connectivity index (χ1v) is 6.48. The molecule has 0 saturated carbocycles. The van der Waals surface area contributed by atoms with Crippen LogP contribution < -0.4 is 10.5 Å². The molecular weight excluding hydrogens is 228 g/mol. The van der Waals surface area contributed by atoms with Gasteiger partial charge >= 0.3 is 0 Å². The molecule has 1 aromatic carbocycles. The molecular formula is C14H20N2O2. The van der Waals surface area contributed by atoms with Crippen LogP contribution in [0.1, 0.15) is 19.3 Å². The summed E-state index contributed by atoms with van der Waals surface area (Å²) in [6.07, 6.45) is 2.51. The SMILES string of the molecule is NC[C@@H]1CCCN1C(=O)CCOc1ccccc1. The molecule has 2 N–H and O–H groups in total. The number of carbonyl (C=O) groups excluding carboxylic acids is 1. The van der Waals surface area contributed by atoms with Crippen LogP contribution in [0.15, 0.2) is 30.3 Å². The van der Waals surface area contributed by atoms with Crippen molar-refractivity contribution in [2.24, 2.45) is 5.73 Å². The van der Waals surface area contributed by atoms with Gasteiger partial charge in [-0.2, -0.15) is 0 Å². The molecule has 2 rings (SSSR count). The lowest BCUT2D eigenvalue weighted by Gasteiger charge is -2.23. The van der Waals surface area contributed by atoms with E-state index >= 15 is 0 Å². The van der Waals surface area contributed by atoms with Crippen molar-refractivity contribution in [3.05, 3.63) is 30.3 Å². The molecule has 1 atom stereocenters. The molecule has 1 saturated heterocycles. The van der Waals surface area contributed by atoms with Crippen molar-refractivity contribution >= 4 is 5.91 Å². The zero-order valence-electron chi connectivity index (χ0n) is 10.5. The van der Waals surface area contributed by atoms with Gasteiger partial charge in [0.15, 0.2) is 0 Å². The van der Waals surface area contributed by atoms with Crippen LogP contribution in [0.2, 0.25) is 0 Å². The van der Waals surface area contributed by atoms with Gasteiger partial charge in [0.05, 0.1) is 13.0 Å². The average molecular weight is 248 g/mol. The zero-order chi connectivity index (χ0) is 12.8. The number of hydrogen-bond acceptors (Lipinski definition) is 3. The number of para-hydroxylation sites is 1. The van der Waals surface area contributed by atoms with Crippen LogP contribution >= 0.6 is 0 Å². The summed E-state index contributed by atoms with van der Waals surface area (Å²) in [5.74, 6) is 0.959. The van der Waals surface area contributed by atoms with E-state index in [2.05, 4.69) is 0 Å². The minimum absolute atomic E-state index is 0.152. The van der Waals surface area contributed by atoms with E-state index < -0.39 is 0 Å². The Hall–Kier alpha value is -1.55. The molecule has 4 heteroatoms. The minimum atomic E-state index is 0.152. The van der Waals surface area contributed by atoms with E-state index in [4.69, 9.17) is 10.5 Å². The number of likely N-dealkylation sites (tertiary alicyclic amines) is 1. The van der Waals surface area contributed by atoms with Crippen molar-refractivity contribution in [2.45, 2.75) is 25.3 Å². The monoisotopic (exact) mass is 248 g/mol. The standard InChI is InChI=1S/C14H20N2O2/c15-11-12-5-4-9-16(12)14(17)8-10-18-13-6-2-1-3-7-13/h1-3,6-7,12H,4-5,8-11,15H2/t12-/m0/s1. The first kappa shape index (κ1) is 12.9. The number of nitrogens with zero attached hydrogens (tertiary/aromatic N) is 1. The number of benzene rings is 1. The highest BCUT2D eigenvalue weighted by Crippen LogP contribution is 2.17. The smallest absolute Gasteiger partial charge is 0.226 e. The summed E-state index contributed by atoms with van der Waals surface area (Å²) in [7, 11) is 0. The van der Waals surface area contributed by atoms with Crippen molar-refractivity contribution in [2.75, 3.05) is 19.7 Å². The molecule has 1 aliphatic rings. The van der Waals surface area contributed by atoms with Gasteiger partial charge in [-0.3, -0.25) is 4.79 Å². The van der Waals surface area contributed by atoms with Gasteiger partial charge in [-0.1, -0.05) is 18.2 Å². The van der Waals surface area contributed by atoms with E-state index in [0.717, 1.165) is 25.1 Å². The summed E-state index contributed by atoms with van der Waals surface area (Å²) in [6, 6.07) is 9.79. The molecule has 0 aliphatic carbocycles. The van der Waals surface area contributed by atoms with Gasteiger partial charge in [0.1, 0.15) is 5.75 Å². The molecule has 0 spiro atoms. The van der Waals surface area contributed by atoms with Crippen LogP contribution in [-0.2, 0) is 4.79 Å². The topological polar surface area (TPSA) is 55.6 Å². The molecule has 1 aromatic rings. The van der Waals surface area contributed by atoms with Gasteiger partial charge in [0.2, 0.25) is 5.91 Å². The van der Waals surface area contributed by atoms with E-state index in [0.29, 0.717) is 19.6 Å². The van der Waals surface area contributed by atoms with E-state index in [1.165, 1.54) is 0 Å². The number of carbonyl (C=O) groups is 1. The fourth-order valence-corrected chi connectivity index (χ4v) is 2.33. The van der Waals surface area contributed by atoms with Crippen molar-refractivity contribution in [1.29, 1.82) is 0 Å². The number of hydrogen-bond donors (Lipinski definition) is 1. The van der Waals surface area contributed by atoms with Gasteiger partial charge in [0, 0.05) is 19.1 Å². The normalized spacial score (nSPS) is 18.9. The molecule has 4 nitrogen and oxygen atoms in total. The largest absolute Gasteiger partial charge is 0.493 e. The lowest BCUT2D eigenvalue weighted by molar-refractivity contribution is -0.132. The Labute approximate surface area is 108 Å². The highest BCUT2D eigenvalue weighted by atomic mass is 16.5. The Balaban J connectivity index is 1.75. The quantitative estimate of drug-likeness (QED) is 0.857. The van der Waals surface area contributed by atoms with E-state index in [1.807, 2.05) is 35.2 Å². The van der Waals surface area contributed by atoms with E-state index in [-0.39, 0.29) is 11.9 Å². The molecule has 0 unspecified atom stereocenters. The van der Waals surface area contributed by atoms with Gasteiger partial charge < -0.3 is 15.4 Å². The molecule has 1 amide bonds. The van der Waals surface area contributed by atoms with Crippen LogP contribution in [0.3, 0.4) is 0 Å². The molecule has 1 fully saturated rings. The Kier molecular flexibility index (Phi) is 4.59. The molecule has 0 radical (unpaired) electrons. The predicted molar refractivity (Wildman–Crippen MR) is 70.3 cm³/mol. The van der Waals surface area contributed by atoms with Crippen molar-refractivity contribution in [3.63, 3.8) is 0 Å². The van der Waals surface area contributed by atoms with Crippen LogP contribution in [0.5, 0.6) is 5.75 Å². The second-order valence-corrected chi connectivity index (χ2v) is 4.53. The Morgan fingerprint density at radius 2 is 2.17 bits per heavy atom. The van der Waals surface area contributed by atoms with Crippen LogP contribution in [0.25, 0.3) is 0 Å². The van der Waals surface area contributed by atoms with Gasteiger partial charge in [-0.15, -0.1) is 0 Å². The Morgan fingerprint density at radius 1 is 1.39 bits per heavy atom. The number of amides is 1. The lowest BCUT2D eigenvalue weighted by atomic mass is 10.2. The average Bonchev–Trinajstić information content (AvgIpc) is 2.88. The third-order valence-electron chi connectivity index (χ3n) is 3.30. The Bertz CT molecular complexity index is 381. The number of nitrogens with two attached hydrogens (primary N) is 1. The van der Waals surface area contributed by atoms with Crippen LogP contribution in [0, 0.1) is 0 Å². The predicted octanol–water partition coefficient (Wildman–Crippen LogP) is 1.41. The zero-order valence-corrected chi connectivity index (χ0v) is 10.5. The second kappa shape index (κ2) is 6.40. The van der Waals surface area contributed by atoms with Gasteiger partial charge in [-0.25, -0.2) is 0 Å².